The van der Waals surface area contributed by atoms with Crippen LogP contribution in [0, 0.1) is 17.6 Å². The average molecular weight is 565 g/mol. The number of nitrogens with one attached hydrogen (secondary N) is 2. The van der Waals surface area contributed by atoms with E-state index in [4.69, 9.17) is 16.3 Å². The van der Waals surface area contributed by atoms with Crippen LogP contribution >= 0.6 is 23.4 Å². The predicted molar refractivity (Wildman–Crippen MR) is 140 cm³/mol. The van der Waals surface area contributed by atoms with Gasteiger partial charge in [-0.3, -0.25) is 4.79 Å². The summed E-state index contributed by atoms with van der Waals surface area (Å²) in [6.45, 7) is 2.35. The Morgan fingerprint density at radius 1 is 1.19 bits per heavy atom. The van der Waals surface area contributed by atoms with Gasteiger partial charge in [0.2, 0.25) is 5.91 Å². The summed E-state index contributed by atoms with van der Waals surface area (Å²) in [5, 5.41) is 36.5. The van der Waals surface area contributed by atoms with Crippen molar-refractivity contribution in [1.29, 1.82) is 0 Å². The number of ether oxygens (including phenoxy) is 1. The van der Waals surface area contributed by atoms with E-state index in [2.05, 4.69) is 10.6 Å². The van der Waals surface area contributed by atoms with Gasteiger partial charge in [-0.15, -0.1) is 23.4 Å². The molecule has 1 amide bonds. The first kappa shape index (κ1) is 30.5. The van der Waals surface area contributed by atoms with Crippen molar-refractivity contribution >= 4 is 29.3 Å². The third kappa shape index (κ3) is 8.24. The van der Waals surface area contributed by atoms with Gasteiger partial charge in [-0.05, 0) is 81.5 Å². The van der Waals surface area contributed by atoms with E-state index >= 15 is 0 Å². The summed E-state index contributed by atoms with van der Waals surface area (Å²) in [6.07, 6.45) is 2.17. The Morgan fingerprint density at radius 3 is 2.65 bits per heavy atom. The third-order valence-electron chi connectivity index (χ3n) is 7.44. The first-order chi connectivity index (χ1) is 17.6. The number of unbranched alkanes of at least 4 members (excludes halogenated alkanes) is 1. The van der Waals surface area contributed by atoms with E-state index in [1.165, 1.54) is 17.8 Å². The minimum atomic E-state index is -1.42. The van der Waals surface area contributed by atoms with Crippen LogP contribution in [-0.2, 0) is 16.0 Å². The molecule has 0 spiro atoms. The molecule has 3 unspecified atom stereocenters. The Morgan fingerprint density at radius 2 is 1.95 bits per heavy atom. The molecule has 2 aliphatic rings. The molecule has 1 aromatic carbocycles. The van der Waals surface area contributed by atoms with Gasteiger partial charge < -0.3 is 30.7 Å². The number of benzene rings is 1. The van der Waals surface area contributed by atoms with Crippen molar-refractivity contribution in [2.24, 2.45) is 5.92 Å². The van der Waals surface area contributed by atoms with E-state index in [9.17, 15) is 28.9 Å². The fourth-order valence-corrected chi connectivity index (χ4v) is 6.08. The lowest BCUT2D eigenvalue weighted by Crippen LogP contribution is -2.65. The molecule has 0 aliphatic carbocycles. The average Bonchev–Trinajstić information content (AvgIpc) is 3.12. The zero-order valence-electron chi connectivity index (χ0n) is 21.3. The van der Waals surface area contributed by atoms with Gasteiger partial charge in [-0.1, -0.05) is 12.8 Å². The van der Waals surface area contributed by atoms with Crippen LogP contribution in [0.4, 0.5) is 8.78 Å². The second-order valence-corrected chi connectivity index (χ2v) is 11.7. The van der Waals surface area contributed by atoms with Crippen LogP contribution in [0.2, 0.25) is 0 Å². The van der Waals surface area contributed by atoms with Gasteiger partial charge in [-0.25, -0.2) is 8.78 Å². The maximum absolute atomic E-state index is 13.8. The smallest absolute Gasteiger partial charge is 0.237 e. The first-order valence-electron chi connectivity index (χ1n) is 13.0. The summed E-state index contributed by atoms with van der Waals surface area (Å²) >= 11 is 7.57. The van der Waals surface area contributed by atoms with Crippen molar-refractivity contribution < 1.29 is 33.6 Å². The molecule has 2 fully saturated rings. The zero-order valence-corrected chi connectivity index (χ0v) is 22.9. The van der Waals surface area contributed by atoms with Crippen molar-refractivity contribution in [2.75, 3.05) is 12.8 Å². The van der Waals surface area contributed by atoms with E-state index in [1.54, 1.807) is 13.2 Å². The molecule has 210 valence electrons. The van der Waals surface area contributed by atoms with Gasteiger partial charge in [0.05, 0.1) is 17.5 Å². The quantitative estimate of drug-likeness (QED) is 0.219. The minimum Gasteiger partial charge on any atom is -0.388 e. The molecule has 0 aromatic heterocycles. The summed E-state index contributed by atoms with van der Waals surface area (Å²) in [7, 11) is 0. The normalized spacial score (nSPS) is 32.4. The Bertz CT molecular complexity index is 883. The number of carbonyl (C=O) groups excluding carboxylic acids is 1. The lowest BCUT2D eigenvalue weighted by atomic mass is 9.91. The molecule has 0 radical (unpaired) electrons. The number of alkyl halides is 1. The molecule has 11 heteroatoms. The second kappa shape index (κ2) is 14.4. The summed E-state index contributed by atoms with van der Waals surface area (Å²) in [5.74, 6) is -0.632. The molecule has 9 atom stereocenters. The van der Waals surface area contributed by atoms with E-state index < -0.39 is 53.1 Å². The summed E-state index contributed by atoms with van der Waals surface area (Å²) in [5.41, 5.74) is -0.354. The second-order valence-electron chi connectivity index (χ2n) is 10.1. The Balaban J connectivity index is 1.49. The highest BCUT2D eigenvalue weighted by Crippen LogP contribution is 2.30. The highest BCUT2D eigenvalue weighted by molar-refractivity contribution is 7.99. The van der Waals surface area contributed by atoms with Crippen LogP contribution in [0.1, 0.15) is 51.0 Å². The number of aliphatic hydroxyl groups excluding tert-OH is 3. The van der Waals surface area contributed by atoms with Crippen molar-refractivity contribution in [1.82, 2.24) is 10.6 Å². The van der Waals surface area contributed by atoms with E-state index in [0.29, 0.717) is 30.9 Å². The molecule has 2 aliphatic heterocycles. The molecule has 0 bridgehead atoms. The lowest BCUT2D eigenvalue weighted by molar-refractivity contribution is -0.205. The number of halogens is 3. The maximum atomic E-state index is 13.8. The Labute approximate surface area is 226 Å². The summed E-state index contributed by atoms with van der Waals surface area (Å²) in [4.78, 5) is 13.1. The maximum Gasteiger partial charge on any atom is 0.237 e. The fourth-order valence-electron chi connectivity index (χ4n) is 5.19. The zero-order chi connectivity index (χ0) is 27.1. The summed E-state index contributed by atoms with van der Waals surface area (Å²) < 4.78 is 33.0. The van der Waals surface area contributed by atoms with Gasteiger partial charge in [0, 0.05) is 0 Å². The van der Waals surface area contributed by atoms with Crippen LogP contribution in [0.3, 0.4) is 0 Å². The monoisotopic (exact) mass is 564 g/mol. The van der Waals surface area contributed by atoms with Crippen molar-refractivity contribution in [2.45, 2.75) is 99.2 Å². The molecular weight excluding hydrogens is 526 g/mol. The molecule has 2 heterocycles. The Hall–Kier alpha value is -1.01. The van der Waals surface area contributed by atoms with Crippen molar-refractivity contribution in [3.63, 3.8) is 0 Å². The number of carbonyl (C=O) groups is 1. The highest BCUT2D eigenvalue weighted by Gasteiger charge is 2.48. The van der Waals surface area contributed by atoms with E-state index in [0.717, 1.165) is 44.2 Å². The number of amides is 1. The van der Waals surface area contributed by atoms with Gasteiger partial charge in [0.25, 0.3) is 0 Å². The summed E-state index contributed by atoms with van der Waals surface area (Å²) in [6, 6.07) is 2.33. The van der Waals surface area contributed by atoms with Crippen molar-refractivity contribution in [3.8, 4) is 0 Å². The van der Waals surface area contributed by atoms with E-state index in [-0.39, 0.29) is 11.7 Å². The third-order valence-corrected chi connectivity index (χ3v) is 8.56. The molecular formula is C26H39ClF2N2O5S. The number of thioether (sulfide) groups is 1. The van der Waals surface area contributed by atoms with E-state index in [1.807, 2.05) is 0 Å². The van der Waals surface area contributed by atoms with Gasteiger partial charge in [0.1, 0.15) is 41.5 Å². The fraction of sp³-hybridized carbons (Fsp3) is 0.731. The molecule has 2 saturated heterocycles. The minimum absolute atomic E-state index is 0.253. The number of aryl methyl sites for hydroxylation is 1. The molecule has 0 saturated carbocycles. The SMILES string of the molecule is CSC1O[C@H]([C@H](NC(=O)[C@@H]2CC[C@H](CCCCc3cc(F)ccc3F)CCN2)[C@H](C)Cl)C(O)C(O)[C@H]1O. The van der Waals surface area contributed by atoms with Crippen LogP contribution in [0.25, 0.3) is 0 Å². The number of aliphatic hydroxyl groups is 3. The highest BCUT2D eigenvalue weighted by atomic mass is 35.5. The molecule has 1 aromatic rings. The lowest BCUT2D eigenvalue weighted by Gasteiger charge is -2.44. The Kier molecular flexibility index (Phi) is 11.9. The van der Waals surface area contributed by atoms with Crippen LogP contribution < -0.4 is 10.6 Å². The van der Waals surface area contributed by atoms with Crippen LogP contribution in [0.15, 0.2) is 18.2 Å². The molecule has 37 heavy (non-hydrogen) atoms. The van der Waals surface area contributed by atoms with Gasteiger partial charge >= 0.3 is 0 Å². The van der Waals surface area contributed by atoms with Crippen LogP contribution in [0.5, 0.6) is 0 Å². The van der Waals surface area contributed by atoms with Gasteiger partial charge in [0.15, 0.2) is 0 Å². The molecule has 7 nitrogen and oxygen atoms in total. The number of rotatable bonds is 10. The standard InChI is InChI=1S/C26H39ClF2N2O5S/c1-14(27)20(24-22(33)21(32)23(34)26(36-24)37-2)31-25(35)19-10-7-15(11-12-30-19)5-3-4-6-16-13-17(28)8-9-18(16)29/h8-9,13-15,19-24,26,30,32-34H,3-7,10-12H2,1-2H3,(H,31,35)/t14-,15-,19-,20+,21?,22?,23+,24+,26?/m0/s1. The first-order valence-corrected chi connectivity index (χ1v) is 14.7. The molecule has 3 rings (SSSR count). The molecule has 5 N–H and O–H groups in total. The topological polar surface area (TPSA) is 111 Å². The largest absolute Gasteiger partial charge is 0.388 e. The number of hydrogen-bond donors (Lipinski definition) is 5. The number of hydrogen-bond acceptors (Lipinski definition) is 7. The van der Waals surface area contributed by atoms with Gasteiger partial charge in [-0.2, -0.15) is 0 Å². The van der Waals surface area contributed by atoms with Crippen molar-refractivity contribution in [3.05, 3.63) is 35.4 Å². The van der Waals surface area contributed by atoms with Crippen LogP contribution in [-0.4, -0.2) is 81.3 Å². The predicted octanol–water partition coefficient (Wildman–Crippen LogP) is 2.72.